The molecule has 1 heterocycles. The van der Waals surface area contributed by atoms with Crippen molar-refractivity contribution in [1.82, 2.24) is 10.2 Å². The molecule has 3 nitrogen and oxygen atoms in total. The first-order chi connectivity index (χ1) is 7.26. The molecule has 0 saturated carbocycles. The molecule has 0 aromatic rings. The first-order valence-electron chi connectivity index (χ1n) is 6.29. The predicted octanol–water partition coefficient (Wildman–Crippen LogP) is 1.49. The average Bonchev–Trinajstić information content (AvgIpc) is 2.24. The van der Waals surface area contributed by atoms with Crippen molar-refractivity contribution in [1.29, 1.82) is 0 Å². The smallest absolute Gasteiger partial charge is 0.0826 e. The van der Waals surface area contributed by atoms with Gasteiger partial charge in [0.05, 0.1) is 12.7 Å². The van der Waals surface area contributed by atoms with Gasteiger partial charge in [0.2, 0.25) is 0 Å². The van der Waals surface area contributed by atoms with Gasteiger partial charge in [0.15, 0.2) is 0 Å². The molecule has 0 radical (unpaired) electrons. The lowest BCUT2D eigenvalue weighted by Crippen LogP contribution is -2.46. The molecule has 1 N–H and O–H groups in total. The fourth-order valence-corrected chi connectivity index (χ4v) is 2.09. The third-order valence-corrected chi connectivity index (χ3v) is 3.11. The van der Waals surface area contributed by atoms with Gasteiger partial charge in [-0.15, -0.1) is 0 Å². The van der Waals surface area contributed by atoms with E-state index in [2.05, 4.69) is 31.1 Å². The molecule has 0 spiro atoms. The summed E-state index contributed by atoms with van der Waals surface area (Å²) in [6.45, 7) is 8.52. The molecule has 3 heteroatoms. The molecule has 0 aromatic carbocycles. The summed E-state index contributed by atoms with van der Waals surface area (Å²) < 4.78 is 5.72. The highest BCUT2D eigenvalue weighted by atomic mass is 16.5. The Morgan fingerprint density at radius 1 is 1.47 bits per heavy atom. The van der Waals surface area contributed by atoms with E-state index < -0.39 is 0 Å². The maximum Gasteiger partial charge on any atom is 0.0826 e. The van der Waals surface area contributed by atoms with Crippen molar-refractivity contribution in [2.24, 2.45) is 0 Å². The number of likely N-dealkylation sites (N-methyl/N-ethyl adjacent to an activating group) is 1. The maximum atomic E-state index is 5.72. The van der Waals surface area contributed by atoms with Crippen molar-refractivity contribution in [3.05, 3.63) is 0 Å². The van der Waals surface area contributed by atoms with Crippen LogP contribution in [0.1, 0.15) is 33.1 Å². The third-order valence-electron chi connectivity index (χ3n) is 3.11. The monoisotopic (exact) mass is 214 g/mol. The highest BCUT2D eigenvalue weighted by Gasteiger charge is 2.18. The Morgan fingerprint density at radius 3 is 2.87 bits per heavy atom. The van der Waals surface area contributed by atoms with Gasteiger partial charge >= 0.3 is 0 Å². The van der Waals surface area contributed by atoms with Crippen LogP contribution in [0.4, 0.5) is 0 Å². The van der Waals surface area contributed by atoms with Crippen LogP contribution < -0.4 is 5.32 Å². The van der Waals surface area contributed by atoms with Crippen LogP contribution >= 0.6 is 0 Å². The van der Waals surface area contributed by atoms with Crippen LogP contribution in [-0.4, -0.2) is 50.3 Å². The van der Waals surface area contributed by atoms with Gasteiger partial charge in [-0.1, -0.05) is 20.3 Å². The van der Waals surface area contributed by atoms with E-state index in [1.807, 2.05) is 0 Å². The van der Waals surface area contributed by atoms with Gasteiger partial charge in [0, 0.05) is 25.7 Å². The highest BCUT2D eigenvalue weighted by molar-refractivity contribution is 4.74. The second kappa shape index (κ2) is 7.20. The first kappa shape index (κ1) is 12.9. The minimum Gasteiger partial charge on any atom is -0.374 e. The maximum absolute atomic E-state index is 5.72. The number of morpholine rings is 1. The lowest BCUT2D eigenvalue weighted by molar-refractivity contribution is -0.0194. The van der Waals surface area contributed by atoms with Crippen molar-refractivity contribution in [2.75, 3.05) is 33.3 Å². The number of rotatable bonds is 6. The molecular formula is C12H26N2O. The summed E-state index contributed by atoms with van der Waals surface area (Å²) in [5, 5.41) is 3.61. The van der Waals surface area contributed by atoms with Crippen molar-refractivity contribution >= 4 is 0 Å². The molecule has 1 saturated heterocycles. The fourth-order valence-electron chi connectivity index (χ4n) is 2.09. The second-order valence-electron chi connectivity index (χ2n) is 4.56. The van der Waals surface area contributed by atoms with Crippen LogP contribution in [0.3, 0.4) is 0 Å². The van der Waals surface area contributed by atoms with Gasteiger partial charge in [-0.3, -0.25) is 0 Å². The molecule has 0 aliphatic carbocycles. The van der Waals surface area contributed by atoms with E-state index >= 15 is 0 Å². The van der Waals surface area contributed by atoms with Gasteiger partial charge in [-0.05, 0) is 19.9 Å². The number of hydrogen-bond donors (Lipinski definition) is 1. The van der Waals surface area contributed by atoms with Crippen molar-refractivity contribution < 1.29 is 4.74 Å². The lowest BCUT2D eigenvalue weighted by Gasteiger charge is -2.31. The summed E-state index contributed by atoms with van der Waals surface area (Å²) >= 11 is 0. The lowest BCUT2D eigenvalue weighted by atomic mass is 10.1. The Kier molecular flexibility index (Phi) is 6.22. The quantitative estimate of drug-likeness (QED) is 0.725. The molecule has 1 aliphatic heterocycles. The minimum atomic E-state index is 0.384. The average molecular weight is 214 g/mol. The van der Waals surface area contributed by atoms with E-state index in [4.69, 9.17) is 4.74 Å². The SMILES string of the molecule is CCCC(CC)NCC1CN(C)CCO1. The van der Waals surface area contributed by atoms with E-state index in [0.717, 1.165) is 26.2 Å². The van der Waals surface area contributed by atoms with Crippen molar-refractivity contribution in [3.8, 4) is 0 Å². The highest BCUT2D eigenvalue weighted by Crippen LogP contribution is 2.05. The number of ether oxygens (including phenoxy) is 1. The van der Waals surface area contributed by atoms with Crippen LogP contribution in [0.2, 0.25) is 0 Å². The van der Waals surface area contributed by atoms with Crippen LogP contribution in [0.15, 0.2) is 0 Å². The van der Waals surface area contributed by atoms with E-state index in [9.17, 15) is 0 Å². The van der Waals surface area contributed by atoms with Crippen LogP contribution in [0.25, 0.3) is 0 Å². The molecule has 2 atom stereocenters. The first-order valence-corrected chi connectivity index (χ1v) is 6.29. The molecule has 15 heavy (non-hydrogen) atoms. The van der Waals surface area contributed by atoms with Crippen molar-refractivity contribution in [2.45, 2.75) is 45.3 Å². The van der Waals surface area contributed by atoms with Crippen molar-refractivity contribution in [3.63, 3.8) is 0 Å². The Labute approximate surface area is 94.2 Å². The summed E-state index contributed by atoms with van der Waals surface area (Å²) in [5.41, 5.74) is 0. The second-order valence-corrected chi connectivity index (χ2v) is 4.56. The molecule has 1 fully saturated rings. The molecule has 1 rings (SSSR count). The summed E-state index contributed by atoms with van der Waals surface area (Å²) in [5.74, 6) is 0. The third kappa shape index (κ3) is 4.96. The van der Waals surface area contributed by atoms with Crippen LogP contribution in [0.5, 0.6) is 0 Å². The van der Waals surface area contributed by atoms with Gasteiger partial charge in [0.25, 0.3) is 0 Å². The Morgan fingerprint density at radius 2 is 2.27 bits per heavy atom. The van der Waals surface area contributed by atoms with Gasteiger partial charge < -0.3 is 15.0 Å². The Bertz CT molecular complexity index is 164. The largest absolute Gasteiger partial charge is 0.374 e. The van der Waals surface area contributed by atoms with Gasteiger partial charge in [-0.25, -0.2) is 0 Å². The van der Waals surface area contributed by atoms with E-state index in [0.29, 0.717) is 12.1 Å². The summed E-state index contributed by atoms with van der Waals surface area (Å²) in [6, 6.07) is 0.672. The number of nitrogens with zero attached hydrogens (tertiary/aromatic N) is 1. The predicted molar refractivity (Wildman–Crippen MR) is 64.2 cm³/mol. The van der Waals surface area contributed by atoms with Gasteiger partial charge in [0.1, 0.15) is 0 Å². The Balaban J connectivity index is 2.16. The fraction of sp³-hybridized carbons (Fsp3) is 1.00. The zero-order valence-electron chi connectivity index (χ0n) is 10.5. The standard InChI is InChI=1S/C12H26N2O/c1-4-6-11(5-2)13-9-12-10-14(3)7-8-15-12/h11-13H,4-10H2,1-3H3. The zero-order valence-corrected chi connectivity index (χ0v) is 10.5. The molecule has 0 amide bonds. The normalized spacial score (nSPS) is 25.4. The summed E-state index contributed by atoms with van der Waals surface area (Å²) in [6.07, 6.45) is 4.14. The topological polar surface area (TPSA) is 24.5 Å². The molecule has 0 bridgehead atoms. The molecule has 2 unspecified atom stereocenters. The van der Waals surface area contributed by atoms with Gasteiger partial charge in [-0.2, -0.15) is 0 Å². The number of hydrogen-bond acceptors (Lipinski definition) is 3. The molecule has 0 aromatic heterocycles. The molecular weight excluding hydrogens is 188 g/mol. The van der Waals surface area contributed by atoms with E-state index in [1.165, 1.54) is 19.3 Å². The van der Waals surface area contributed by atoms with E-state index in [1.54, 1.807) is 0 Å². The molecule has 1 aliphatic rings. The summed E-state index contributed by atoms with van der Waals surface area (Å²) in [4.78, 5) is 2.34. The summed E-state index contributed by atoms with van der Waals surface area (Å²) in [7, 11) is 2.17. The van der Waals surface area contributed by atoms with Crippen LogP contribution in [0, 0.1) is 0 Å². The van der Waals surface area contributed by atoms with E-state index in [-0.39, 0.29) is 0 Å². The zero-order chi connectivity index (χ0) is 11.1. The molecule has 90 valence electrons. The van der Waals surface area contributed by atoms with Crippen LogP contribution in [-0.2, 0) is 4.74 Å². The minimum absolute atomic E-state index is 0.384. The number of nitrogens with one attached hydrogen (secondary N) is 1. The Hall–Kier alpha value is -0.120.